The molecule has 1 aromatic carbocycles. The maximum Gasteiger partial charge on any atom is 0.248 e. The van der Waals surface area contributed by atoms with E-state index in [4.69, 9.17) is 5.73 Å². The Hall–Kier alpha value is -1.72. The van der Waals surface area contributed by atoms with Gasteiger partial charge in [-0.15, -0.1) is 11.3 Å². The van der Waals surface area contributed by atoms with Crippen molar-refractivity contribution < 1.29 is 9.18 Å². The number of hydrogen-bond donors (Lipinski definition) is 2. The van der Waals surface area contributed by atoms with Crippen LogP contribution in [0.5, 0.6) is 0 Å². The standard InChI is InChI=1S/C14H15FN2OS/c1-9(13-3-2-6-19-13)17-8-11-5-4-10(14(16)18)7-12(11)15/h2-7,9,17H,8H2,1H3,(H2,16,18). The van der Waals surface area contributed by atoms with Crippen molar-refractivity contribution in [3.63, 3.8) is 0 Å². The van der Waals surface area contributed by atoms with E-state index in [2.05, 4.69) is 5.32 Å². The van der Waals surface area contributed by atoms with Gasteiger partial charge in [-0.2, -0.15) is 0 Å². The molecule has 0 saturated heterocycles. The Balaban J connectivity index is 2.02. The van der Waals surface area contributed by atoms with Crippen molar-refractivity contribution in [1.29, 1.82) is 0 Å². The van der Waals surface area contributed by atoms with Gasteiger partial charge in [-0.3, -0.25) is 4.79 Å². The van der Waals surface area contributed by atoms with Crippen LogP contribution in [-0.4, -0.2) is 5.91 Å². The number of carbonyl (C=O) groups is 1. The minimum atomic E-state index is -0.620. The summed E-state index contributed by atoms with van der Waals surface area (Å²) in [6.07, 6.45) is 0. The van der Waals surface area contributed by atoms with Gasteiger partial charge in [0.15, 0.2) is 0 Å². The normalized spacial score (nSPS) is 12.3. The molecule has 3 N–H and O–H groups in total. The zero-order valence-corrected chi connectivity index (χ0v) is 11.3. The Morgan fingerprint density at radius 2 is 2.26 bits per heavy atom. The van der Waals surface area contributed by atoms with Crippen molar-refractivity contribution in [2.24, 2.45) is 5.73 Å². The second-order valence-electron chi connectivity index (χ2n) is 4.29. The molecule has 0 spiro atoms. The first-order valence-electron chi connectivity index (χ1n) is 5.93. The molecule has 0 fully saturated rings. The van der Waals surface area contributed by atoms with Crippen LogP contribution in [0.3, 0.4) is 0 Å². The van der Waals surface area contributed by atoms with Crippen LogP contribution in [0.4, 0.5) is 4.39 Å². The number of halogens is 1. The van der Waals surface area contributed by atoms with Gasteiger partial charge in [-0.25, -0.2) is 4.39 Å². The molecule has 19 heavy (non-hydrogen) atoms. The molecule has 1 aromatic heterocycles. The van der Waals surface area contributed by atoms with Crippen LogP contribution in [0.1, 0.15) is 33.8 Å². The maximum absolute atomic E-state index is 13.8. The lowest BCUT2D eigenvalue weighted by Gasteiger charge is -2.12. The first-order valence-corrected chi connectivity index (χ1v) is 6.81. The van der Waals surface area contributed by atoms with Gasteiger partial charge in [0, 0.05) is 28.6 Å². The molecule has 0 aliphatic carbocycles. The SMILES string of the molecule is CC(NCc1ccc(C(N)=O)cc1F)c1cccs1. The minimum absolute atomic E-state index is 0.162. The number of primary amides is 1. The first-order chi connectivity index (χ1) is 9.08. The van der Waals surface area contributed by atoms with E-state index in [1.807, 2.05) is 24.4 Å². The number of thiophene rings is 1. The lowest BCUT2D eigenvalue weighted by atomic mass is 10.1. The third kappa shape index (κ3) is 3.39. The molecule has 2 rings (SSSR count). The van der Waals surface area contributed by atoms with Gasteiger partial charge >= 0.3 is 0 Å². The summed E-state index contributed by atoms with van der Waals surface area (Å²) in [5.74, 6) is -1.03. The van der Waals surface area contributed by atoms with Crippen molar-refractivity contribution in [2.75, 3.05) is 0 Å². The van der Waals surface area contributed by atoms with Crippen molar-refractivity contribution in [3.05, 3.63) is 57.5 Å². The quantitative estimate of drug-likeness (QED) is 0.883. The molecule has 1 amide bonds. The highest BCUT2D eigenvalue weighted by atomic mass is 32.1. The Labute approximate surface area is 115 Å². The second-order valence-corrected chi connectivity index (χ2v) is 5.27. The molecule has 1 atom stereocenters. The number of nitrogens with two attached hydrogens (primary N) is 1. The number of carbonyl (C=O) groups excluding carboxylic acids is 1. The van der Waals surface area contributed by atoms with Crippen LogP contribution in [0.15, 0.2) is 35.7 Å². The van der Waals surface area contributed by atoms with Crippen molar-refractivity contribution >= 4 is 17.2 Å². The highest BCUT2D eigenvalue weighted by molar-refractivity contribution is 7.10. The van der Waals surface area contributed by atoms with E-state index in [9.17, 15) is 9.18 Å². The van der Waals surface area contributed by atoms with E-state index in [0.29, 0.717) is 12.1 Å². The molecule has 100 valence electrons. The van der Waals surface area contributed by atoms with Gasteiger partial charge in [0.25, 0.3) is 0 Å². The van der Waals surface area contributed by atoms with E-state index >= 15 is 0 Å². The third-order valence-electron chi connectivity index (χ3n) is 2.91. The molecule has 0 aliphatic rings. The molecule has 5 heteroatoms. The predicted octanol–water partition coefficient (Wildman–Crippen LogP) is 2.84. The van der Waals surface area contributed by atoms with Crippen LogP contribution < -0.4 is 11.1 Å². The number of rotatable bonds is 5. The minimum Gasteiger partial charge on any atom is -0.366 e. The number of benzene rings is 1. The average molecular weight is 278 g/mol. The fourth-order valence-corrected chi connectivity index (χ4v) is 2.50. The Kier molecular flexibility index (Phi) is 4.29. The molecule has 2 aromatic rings. The van der Waals surface area contributed by atoms with Crippen LogP contribution in [-0.2, 0) is 6.54 Å². The number of hydrogen-bond acceptors (Lipinski definition) is 3. The van der Waals surface area contributed by atoms with E-state index in [1.54, 1.807) is 17.4 Å². The molecule has 0 saturated carbocycles. The second kappa shape index (κ2) is 5.95. The molecule has 0 aliphatic heterocycles. The highest BCUT2D eigenvalue weighted by Gasteiger charge is 2.09. The van der Waals surface area contributed by atoms with Gasteiger partial charge in [-0.1, -0.05) is 12.1 Å². The van der Waals surface area contributed by atoms with Crippen molar-refractivity contribution in [2.45, 2.75) is 19.5 Å². The molecular weight excluding hydrogens is 263 g/mol. The summed E-state index contributed by atoms with van der Waals surface area (Å²) in [7, 11) is 0. The molecule has 3 nitrogen and oxygen atoms in total. The molecule has 0 bridgehead atoms. The topological polar surface area (TPSA) is 55.1 Å². The monoisotopic (exact) mass is 278 g/mol. The summed E-state index contributed by atoms with van der Waals surface area (Å²) in [6.45, 7) is 2.44. The van der Waals surface area contributed by atoms with Crippen molar-refractivity contribution in [1.82, 2.24) is 5.32 Å². The molecule has 1 heterocycles. The van der Waals surface area contributed by atoms with Gasteiger partial charge in [0.2, 0.25) is 5.91 Å². The van der Waals surface area contributed by atoms with Gasteiger partial charge in [0.1, 0.15) is 5.82 Å². The predicted molar refractivity (Wildman–Crippen MR) is 74.5 cm³/mol. The summed E-state index contributed by atoms with van der Waals surface area (Å²) < 4.78 is 13.8. The van der Waals surface area contributed by atoms with Gasteiger partial charge in [0.05, 0.1) is 0 Å². The summed E-state index contributed by atoms with van der Waals surface area (Å²) in [4.78, 5) is 12.1. The van der Waals surface area contributed by atoms with E-state index in [-0.39, 0.29) is 11.6 Å². The Morgan fingerprint density at radius 1 is 1.47 bits per heavy atom. The maximum atomic E-state index is 13.8. The zero-order valence-electron chi connectivity index (χ0n) is 10.5. The van der Waals surface area contributed by atoms with E-state index in [0.717, 1.165) is 0 Å². The molecular formula is C14H15FN2OS. The van der Waals surface area contributed by atoms with Gasteiger partial charge < -0.3 is 11.1 Å². The van der Waals surface area contributed by atoms with E-state index in [1.165, 1.54) is 17.0 Å². The Bertz CT molecular complexity index is 569. The van der Waals surface area contributed by atoms with E-state index < -0.39 is 11.7 Å². The summed E-state index contributed by atoms with van der Waals surface area (Å²) in [6, 6.07) is 8.49. The van der Waals surface area contributed by atoms with Crippen LogP contribution in [0.25, 0.3) is 0 Å². The average Bonchev–Trinajstić information content (AvgIpc) is 2.90. The summed E-state index contributed by atoms with van der Waals surface area (Å²) in [5, 5.41) is 5.25. The lowest BCUT2D eigenvalue weighted by molar-refractivity contribution is 0.1000. The smallest absolute Gasteiger partial charge is 0.248 e. The fraction of sp³-hybridized carbons (Fsp3) is 0.214. The molecule has 0 radical (unpaired) electrons. The van der Waals surface area contributed by atoms with Gasteiger partial charge in [-0.05, 0) is 30.5 Å². The molecule has 1 unspecified atom stereocenters. The van der Waals surface area contributed by atoms with Crippen LogP contribution in [0.2, 0.25) is 0 Å². The summed E-state index contributed by atoms with van der Waals surface area (Å²) in [5.41, 5.74) is 5.81. The number of amides is 1. The lowest BCUT2D eigenvalue weighted by Crippen LogP contribution is -2.18. The number of nitrogens with one attached hydrogen (secondary N) is 1. The largest absolute Gasteiger partial charge is 0.366 e. The zero-order chi connectivity index (χ0) is 13.8. The fourth-order valence-electron chi connectivity index (χ4n) is 1.75. The van der Waals surface area contributed by atoms with Crippen LogP contribution >= 0.6 is 11.3 Å². The highest BCUT2D eigenvalue weighted by Crippen LogP contribution is 2.19. The third-order valence-corrected chi connectivity index (χ3v) is 3.96. The summed E-state index contributed by atoms with van der Waals surface area (Å²) >= 11 is 1.66. The van der Waals surface area contributed by atoms with Crippen LogP contribution in [0, 0.1) is 5.82 Å². The Morgan fingerprint density at radius 3 is 2.84 bits per heavy atom. The first kappa shape index (κ1) is 13.7. The van der Waals surface area contributed by atoms with Crippen molar-refractivity contribution in [3.8, 4) is 0 Å².